The quantitative estimate of drug-likeness (QED) is 0.548. The molecule has 8 heteroatoms. The van der Waals surface area contributed by atoms with E-state index in [0.717, 1.165) is 41.1 Å². The Morgan fingerprint density at radius 2 is 2.08 bits per heavy atom. The molecule has 0 bridgehead atoms. The Bertz CT molecular complexity index is 774. The first kappa shape index (κ1) is 23.0. The van der Waals surface area contributed by atoms with E-state index >= 15 is 0 Å². The minimum atomic E-state index is 0. The van der Waals surface area contributed by atoms with Crippen molar-refractivity contribution in [1.29, 1.82) is 5.26 Å². The summed E-state index contributed by atoms with van der Waals surface area (Å²) in [5, 5.41) is 15.9. The van der Waals surface area contributed by atoms with E-state index in [1.54, 1.807) is 24.8 Å². The first-order valence-electron chi connectivity index (χ1n) is 8.38. The standard InChI is InChI=1S/C9H6N5.C8H13N.CH4S.Sm/c1-2-10-9-7(1)8(11-5-12-9)6-3-13-14-4-6;9-7-3-6-8-4-1-2-5-8;1-2;/h1-5H,(H-,10,11,12,13,14);8H,1-6H2;2H,1H3;/q-1;;;/p-1. The van der Waals surface area contributed by atoms with Crippen LogP contribution in [0.3, 0.4) is 0 Å². The molecule has 1 aliphatic carbocycles. The summed E-state index contributed by atoms with van der Waals surface area (Å²) in [5.74, 6) is 0.893. The van der Waals surface area contributed by atoms with Crippen molar-refractivity contribution in [3.63, 3.8) is 0 Å². The van der Waals surface area contributed by atoms with Crippen molar-refractivity contribution in [3.8, 4) is 17.3 Å². The summed E-state index contributed by atoms with van der Waals surface area (Å²) in [6, 6.07) is 4.10. The molecule has 4 rings (SSSR count). The third-order valence-corrected chi connectivity index (χ3v) is 4.21. The molecule has 0 aromatic carbocycles. The van der Waals surface area contributed by atoms with Crippen molar-refractivity contribution in [2.75, 3.05) is 6.26 Å². The Morgan fingerprint density at radius 3 is 2.73 bits per heavy atom. The third-order valence-electron chi connectivity index (χ3n) is 4.21. The smallest absolute Gasteiger partial charge is 0.0799 e. The Balaban J connectivity index is 0.000000248. The summed E-state index contributed by atoms with van der Waals surface area (Å²) in [5.41, 5.74) is 2.53. The molecule has 0 unspecified atom stereocenters. The number of aromatic nitrogens is 5. The fourth-order valence-electron chi connectivity index (χ4n) is 3.00. The first-order valence-corrected chi connectivity index (χ1v) is 9.19. The van der Waals surface area contributed by atoms with E-state index in [4.69, 9.17) is 5.26 Å². The van der Waals surface area contributed by atoms with Gasteiger partial charge in [-0.2, -0.15) is 16.6 Å². The van der Waals surface area contributed by atoms with Gasteiger partial charge >= 0.3 is 0 Å². The summed E-state index contributed by atoms with van der Waals surface area (Å²) in [6.45, 7) is 0. The molecule has 0 aliphatic heterocycles. The maximum atomic E-state index is 8.28. The van der Waals surface area contributed by atoms with Gasteiger partial charge in [0.05, 0.1) is 18.0 Å². The molecular weight excluding hydrogens is 483 g/mol. The van der Waals surface area contributed by atoms with E-state index in [1.165, 1.54) is 32.0 Å². The molecule has 3 aromatic heterocycles. The van der Waals surface area contributed by atoms with Crippen molar-refractivity contribution in [2.24, 2.45) is 5.92 Å². The van der Waals surface area contributed by atoms with Gasteiger partial charge in [0.2, 0.25) is 0 Å². The fourth-order valence-corrected chi connectivity index (χ4v) is 3.00. The Hall–Kier alpha value is -0.992. The SMILES string of the molecule is C[S-].N#CCCC1CCCC1.[Sm].c1nc(-c2cn[nH]c2)c2cc[n-]c2n1. The van der Waals surface area contributed by atoms with Gasteiger partial charge < -0.3 is 22.6 Å². The zero-order valence-electron chi connectivity index (χ0n) is 14.8. The van der Waals surface area contributed by atoms with Gasteiger partial charge in [0.15, 0.2) is 0 Å². The maximum Gasteiger partial charge on any atom is 0.0799 e. The number of hydrogen-bond donors (Lipinski definition) is 1. The van der Waals surface area contributed by atoms with Crippen LogP contribution < -0.4 is 4.98 Å². The van der Waals surface area contributed by atoms with E-state index in [1.807, 2.05) is 6.07 Å². The number of hydrogen-bond acceptors (Lipinski definition) is 5. The third kappa shape index (κ3) is 6.63. The van der Waals surface area contributed by atoms with E-state index in [0.29, 0.717) is 0 Å². The molecule has 0 radical (unpaired) electrons. The molecule has 1 saturated carbocycles. The number of aromatic amines is 1. The number of fused-ring (bicyclic) bond motifs is 1. The summed E-state index contributed by atoms with van der Waals surface area (Å²) >= 11 is 4.08. The molecule has 6 nitrogen and oxygen atoms in total. The first-order chi connectivity index (χ1) is 12.4. The number of rotatable bonds is 3. The molecule has 138 valence electrons. The Kier molecular flexibility index (Phi) is 11.7. The van der Waals surface area contributed by atoms with E-state index < -0.39 is 0 Å². The van der Waals surface area contributed by atoms with E-state index in [2.05, 4.69) is 43.8 Å². The van der Waals surface area contributed by atoms with Gasteiger partial charge in [-0.05, 0) is 23.4 Å². The Labute approximate surface area is 192 Å². The predicted octanol–water partition coefficient (Wildman–Crippen LogP) is 3.62. The van der Waals surface area contributed by atoms with Crippen molar-refractivity contribution < 1.29 is 40.4 Å². The number of nitriles is 1. The molecule has 0 spiro atoms. The summed E-state index contributed by atoms with van der Waals surface area (Å²) in [4.78, 5) is 12.4. The predicted molar refractivity (Wildman–Crippen MR) is 101 cm³/mol. The van der Waals surface area contributed by atoms with Gasteiger partial charge in [0.25, 0.3) is 0 Å². The van der Waals surface area contributed by atoms with Crippen molar-refractivity contribution >= 4 is 23.7 Å². The monoisotopic (exact) mass is 506 g/mol. The van der Waals surface area contributed by atoms with Crippen molar-refractivity contribution in [2.45, 2.75) is 38.5 Å². The molecule has 0 saturated heterocycles. The molecule has 0 amide bonds. The molecule has 1 fully saturated rings. The van der Waals surface area contributed by atoms with Gasteiger partial charge in [-0.1, -0.05) is 37.9 Å². The van der Waals surface area contributed by atoms with Gasteiger partial charge in [-0.3, -0.25) is 10.1 Å². The van der Waals surface area contributed by atoms with Crippen LogP contribution >= 0.6 is 0 Å². The van der Waals surface area contributed by atoms with Gasteiger partial charge in [0, 0.05) is 64.9 Å². The number of nitrogens with one attached hydrogen (secondary N) is 1. The van der Waals surface area contributed by atoms with Crippen LogP contribution in [0.4, 0.5) is 0 Å². The summed E-state index contributed by atoms with van der Waals surface area (Å²) < 4.78 is 0. The van der Waals surface area contributed by atoms with Crippen molar-refractivity contribution in [1.82, 2.24) is 25.1 Å². The average Bonchev–Trinajstić information content (AvgIpc) is 3.44. The fraction of sp³-hybridized carbons (Fsp3) is 0.444. The van der Waals surface area contributed by atoms with Crippen LogP contribution in [0, 0.1) is 57.6 Å². The van der Waals surface area contributed by atoms with E-state index in [-0.39, 0.29) is 40.4 Å². The van der Waals surface area contributed by atoms with Crippen molar-refractivity contribution in [3.05, 3.63) is 31.0 Å². The average molecular weight is 505 g/mol. The second kappa shape index (κ2) is 13.2. The second-order valence-electron chi connectivity index (χ2n) is 5.74. The van der Waals surface area contributed by atoms with Gasteiger partial charge in [-0.25, -0.2) is 0 Å². The minimum Gasteiger partial charge on any atom is -0.796 e. The molecule has 0 atom stereocenters. The zero-order chi connectivity index (χ0) is 17.9. The van der Waals surface area contributed by atoms with Crippen LogP contribution in [0.15, 0.2) is 31.0 Å². The normalized spacial score (nSPS) is 13.0. The topological polar surface area (TPSA) is 92.4 Å². The maximum absolute atomic E-state index is 8.28. The van der Waals surface area contributed by atoms with E-state index in [9.17, 15) is 0 Å². The van der Waals surface area contributed by atoms with Crippen LogP contribution in [0.5, 0.6) is 0 Å². The molecule has 26 heavy (non-hydrogen) atoms. The Morgan fingerprint density at radius 1 is 1.31 bits per heavy atom. The molecule has 1 aliphatic rings. The van der Waals surface area contributed by atoms with Crippen LogP contribution in [0.2, 0.25) is 0 Å². The van der Waals surface area contributed by atoms with Crippen LogP contribution in [0.25, 0.3) is 22.3 Å². The van der Waals surface area contributed by atoms with Crippen LogP contribution in [-0.2, 0) is 12.6 Å². The van der Waals surface area contributed by atoms with Gasteiger partial charge in [0.1, 0.15) is 0 Å². The molecular formula is C18H22N6SSm-2. The molecule has 1 N–H and O–H groups in total. The van der Waals surface area contributed by atoms with Crippen LogP contribution in [-0.4, -0.2) is 26.4 Å². The summed E-state index contributed by atoms with van der Waals surface area (Å²) in [7, 11) is 0. The van der Waals surface area contributed by atoms with Gasteiger partial charge in [-0.15, -0.1) is 0 Å². The number of nitrogens with zero attached hydrogens (tertiary/aromatic N) is 5. The zero-order valence-corrected chi connectivity index (χ0v) is 18.2. The molecule has 3 heterocycles. The number of H-pyrrole nitrogens is 1. The largest absolute Gasteiger partial charge is 0.796 e. The minimum absolute atomic E-state index is 0. The molecule has 3 aromatic rings. The summed E-state index contributed by atoms with van der Waals surface area (Å²) in [6.07, 6.45) is 15.8. The second-order valence-corrected chi connectivity index (χ2v) is 5.74. The van der Waals surface area contributed by atoms with Crippen LogP contribution in [0.1, 0.15) is 38.5 Å².